The molecule has 1 aliphatic heterocycles. The molecule has 0 spiro atoms. The number of nitrogens with zero attached hydrogens (tertiary/aromatic N) is 2. The third-order valence-corrected chi connectivity index (χ3v) is 6.39. The molecule has 1 fully saturated rings. The first-order chi connectivity index (χ1) is 15.0. The van der Waals surface area contributed by atoms with Gasteiger partial charge in [-0.25, -0.2) is 0 Å². The summed E-state index contributed by atoms with van der Waals surface area (Å²) in [6.45, 7) is 11.0. The largest absolute Gasteiger partial charge is 0.352 e. The van der Waals surface area contributed by atoms with Crippen LogP contribution in [0.25, 0.3) is 0 Å². The highest BCUT2D eigenvalue weighted by Crippen LogP contribution is 2.21. The van der Waals surface area contributed by atoms with Crippen molar-refractivity contribution in [2.45, 2.75) is 46.7 Å². The smallest absolute Gasteiger partial charge is 0.254 e. The van der Waals surface area contributed by atoms with Gasteiger partial charge < -0.3 is 10.2 Å². The van der Waals surface area contributed by atoms with Crippen LogP contribution in [0.5, 0.6) is 0 Å². The summed E-state index contributed by atoms with van der Waals surface area (Å²) < 4.78 is 0. The number of hydrogen-bond donors (Lipinski definition) is 1. The summed E-state index contributed by atoms with van der Waals surface area (Å²) in [6, 6.07) is 16.0. The third kappa shape index (κ3) is 5.95. The first-order valence-corrected chi connectivity index (χ1v) is 11.4. The lowest BCUT2D eigenvalue weighted by Gasteiger charge is -2.31. The first kappa shape index (κ1) is 23.0. The minimum Gasteiger partial charge on any atom is -0.352 e. The summed E-state index contributed by atoms with van der Waals surface area (Å²) in [5.41, 5.74) is 4.20. The minimum atomic E-state index is -0.0316. The van der Waals surface area contributed by atoms with Crippen LogP contribution >= 0.6 is 0 Å². The van der Waals surface area contributed by atoms with Crippen LogP contribution in [-0.2, 0) is 17.9 Å². The quantitative estimate of drug-likeness (QED) is 0.701. The second-order valence-corrected chi connectivity index (χ2v) is 8.33. The number of benzene rings is 2. The Labute approximate surface area is 186 Å². The van der Waals surface area contributed by atoms with Crippen LogP contribution < -0.4 is 5.32 Å². The van der Waals surface area contributed by atoms with E-state index < -0.39 is 0 Å². The van der Waals surface area contributed by atoms with Crippen LogP contribution in [-0.4, -0.2) is 47.8 Å². The molecule has 0 saturated carbocycles. The van der Waals surface area contributed by atoms with E-state index in [1.54, 1.807) is 0 Å². The van der Waals surface area contributed by atoms with Crippen molar-refractivity contribution in [1.82, 2.24) is 15.1 Å². The predicted molar refractivity (Wildman–Crippen MR) is 125 cm³/mol. The van der Waals surface area contributed by atoms with Gasteiger partial charge in [-0.2, -0.15) is 0 Å². The maximum atomic E-state index is 12.8. The molecule has 1 N–H and O–H groups in total. The molecule has 1 heterocycles. The molecule has 0 radical (unpaired) electrons. The van der Waals surface area contributed by atoms with Crippen molar-refractivity contribution in [3.63, 3.8) is 0 Å². The molecular formula is C26H35N3O2. The molecule has 2 amide bonds. The number of rotatable bonds is 8. The van der Waals surface area contributed by atoms with Gasteiger partial charge in [-0.05, 0) is 55.6 Å². The summed E-state index contributed by atoms with van der Waals surface area (Å²) in [4.78, 5) is 29.9. The van der Waals surface area contributed by atoms with Gasteiger partial charge in [-0.3, -0.25) is 14.5 Å². The summed E-state index contributed by atoms with van der Waals surface area (Å²) in [5, 5.41) is 3.14. The molecule has 0 aliphatic carbocycles. The fourth-order valence-electron chi connectivity index (χ4n) is 4.23. The summed E-state index contributed by atoms with van der Waals surface area (Å²) in [7, 11) is 0. The molecule has 2 aromatic rings. The van der Waals surface area contributed by atoms with Crippen LogP contribution in [0.1, 0.15) is 53.7 Å². The zero-order chi connectivity index (χ0) is 22.2. The maximum absolute atomic E-state index is 12.8. The number of hydrogen-bond acceptors (Lipinski definition) is 3. The number of aryl methyl sites for hydroxylation is 1. The lowest BCUT2D eigenvalue weighted by atomic mass is 9.95. The Morgan fingerprint density at radius 2 is 1.58 bits per heavy atom. The van der Waals surface area contributed by atoms with Gasteiger partial charge in [0, 0.05) is 37.7 Å². The van der Waals surface area contributed by atoms with Crippen LogP contribution in [0.4, 0.5) is 0 Å². The maximum Gasteiger partial charge on any atom is 0.254 e. The van der Waals surface area contributed by atoms with Crippen LogP contribution in [0, 0.1) is 12.8 Å². The van der Waals surface area contributed by atoms with Crippen molar-refractivity contribution in [3.8, 4) is 0 Å². The summed E-state index contributed by atoms with van der Waals surface area (Å²) in [5.74, 6) is 0.138. The first-order valence-electron chi connectivity index (χ1n) is 11.4. The second-order valence-electron chi connectivity index (χ2n) is 8.33. The van der Waals surface area contributed by atoms with E-state index in [2.05, 4.69) is 42.3 Å². The van der Waals surface area contributed by atoms with Gasteiger partial charge in [0.25, 0.3) is 5.91 Å². The molecule has 0 bridgehead atoms. The van der Waals surface area contributed by atoms with Gasteiger partial charge in [0.2, 0.25) is 5.91 Å². The Kier molecular flexibility index (Phi) is 8.24. The molecule has 0 atom stereocenters. The fraction of sp³-hybridized carbons (Fsp3) is 0.462. The van der Waals surface area contributed by atoms with Crippen LogP contribution in [0.2, 0.25) is 0 Å². The Morgan fingerprint density at radius 3 is 2.23 bits per heavy atom. The van der Waals surface area contributed by atoms with E-state index in [1.165, 1.54) is 11.1 Å². The Hall–Kier alpha value is -2.66. The number of carbonyl (C=O) groups is 2. The summed E-state index contributed by atoms with van der Waals surface area (Å²) >= 11 is 0. The zero-order valence-electron chi connectivity index (χ0n) is 19.1. The molecule has 5 heteroatoms. The summed E-state index contributed by atoms with van der Waals surface area (Å²) in [6.07, 6.45) is 1.43. The van der Waals surface area contributed by atoms with E-state index in [0.29, 0.717) is 32.5 Å². The van der Waals surface area contributed by atoms with Crippen molar-refractivity contribution < 1.29 is 9.59 Å². The van der Waals surface area contributed by atoms with E-state index in [0.717, 1.165) is 30.8 Å². The van der Waals surface area contributed by atoms with Crippen molar-refractivity contribution >= 4 is 11.8 Å². The highest BCUT2D eigenvalue weighted by molar-refractivity contribution is 5.95. The number of piperidine rings is 1. The number of nitrogens with one attached hydrogen (secondary N) is 1. The fourth-order valence-corrected chi connectivity index (χ4v) is 4.23. The Morgan fingerprint density at radius 1 is 0.968 bits per heavy atom. The number of carbonyl (C=O) groups excluding carboxylic acids is 2. The van der Waals surface area contributed by atoms with E-state index in [9.17, 15) is 9.59 Å². The normalized spacial score (nSPS) is 14.6. The molecular weight excluding hydrogens is 386 g/mol. The third-order valence-electron chi connectivity index (χ3n) is 6.39. The average molecular weight is 422 g/mol. The van der Waals surface area contributed by atoms with Crippen molar-refractivity contribution in [3.05, 3.63) is 70.8 Å². The highest BCUT2D eigenvalue weighted by Gasteiger charge is 2.28. The van der Waals surface area contributed by atoms with Gasteiger partial charge in [0.1, 0.15) is 0 Å². The van der Waals surface area contributed by atoms with Gasteiger partial charge in [0.05, 0.1) is 0 Å². The van der Waals surface area contributed by atoms with Crippen molar-refractivity contribution in [1.29, 1.82) is 0 Å². The molecule has 0 aromatic heterocycles. The van der Waals surface area contributed by atoms with Crippen LogP contribution in [0.3, 0.4) is 0 Å². The van der Waals surface area contributed by atoms with Crippen molar-refractivity contribution in [2.24, 2.45) is 5.92 Å². The van der Waals surface area contributed by atoms with E-state index in [1.807, 2.05) is 42.2 Å². The topological polar surface area (TPSA) is 52.7 Å². The lowest BCUT2D eigenvalue weighted by molar-refractivity contribution is -0.126. The molecule has 2 aromatic carbocycles. The number of amides is 2. The van der Waals surface area contributed by atoms with Crippen molar-refractivity contribution in [2.75, 3.05) is 26.2 Å². The van der Waals surface area contributed by atoms with E-state index in [4.69, 9.17) is 0 Å². The van der Waals surface area contributed by atoms with Gasteiger partial charge in [0.15, 0.2) is 0 Å². The molecule has 0 unspecified atom stereocenters. The average Bonchev–Trinajstić information content (AvgIpc) is 2.81. The highest BCUT2D eigenvalue weighted by atomic mass is 16.2. The Balaban J connectivity index is 1.52. The van der Waals surface area contributed by atoms with Gasteiger partial charge in [-0.1, -0.05) is 56.3 Å². The number of likely N-dealkylation sites (tertiary alicyclic amines) is 1. The lowest BCUT2D eigenvalue weighted by Crippen LogP contribution is -2.43. The monoisotopic (exact) mass is 421 g/mol. The van der Waals surface area contributed by atoms with E-state index in [-0.39, 0.29) is 17.7 Å². The standard InChI is InChI=1S/C26H35N3O2/c1-4-28(5-2)19-23-12-8-7-11-22(23)18-27-25(30)21-14-16-29(17-15-21)26(31)24-13-9-6-10-20(24)3/h6-13,21H,4-5,14-19H2,1-3H3,(H,27,30). The molecule has 31 heavy (non-hydrogen) atoms. The molecule has 5 nitrogen and oxygen atoms in total. The molecule has 3 rings (SSSR count). The predicted octanol–water partition coefficient (Wildman–Crippen LogP) is 4.01. The molecule has 166 valence electrons. The van der Waals surface area contributed by atoms with E-state index >= 15 is 0 Å². The van der Waals surface area contributed by atoms with Crippen LogP contribution in [0.15, 0.2) is 48.5 Å². The SMILES string of the molecule is CCN(CC)Cc1ccccc1CNC(=O)C1CCN(C(=O)c2ccccc2C)CC1. The van der Waals surface area contributed by atoms with Gasteiger partial charge in [-0.15, -0.1) is 0 Å². The molecule has 1 aliphatic rings. The van der Waals surface area contributed by atoms with Gasteiger partial charge >= 0.3 is 0 Å². The Bertz CT molecular complexity index is 884. The molecule has 1 saturated heterocycles. The minimum absolute atomic E-state index is 0.0316. The zero-order valence-corrected chi connectivity index (χ0v) is 19.1. The second kappa shape index (κ2) is 11.1.